The Labute approximate surface area is 127 Å². The lowest BCUT2D eigenvalue weighted by Crippen LogP contribution is -2.29. The van der Waals surface area contributed by atoms with Gasteiger partial charge in [0.15, 0.2) is 0 Å². The van der Waals surface area contributed by atoms with Crippen molar-refractivity contribution < 1.29 is 14.7 Å². The number of aromatic hydroxyl groups is 1. The fraction of sp³-hybridized carbons (Fsp3) is 0.0625. The largest absolute Gasteiger partial charge is 0.506 e. The number of para-hydroxylation sites is 1. The van der Waals surface area contributed by atoms with E-state index in [0.717, 1.165) is 5.56 Å². The summed E-state index contributed by atoms with van der Waals surface area (Å²) in [6.45, 7) is 1.79. The van der Waals surface area contributed by atoms with E-state index in [1.807, 2.05) is 6.07 Å². The second-order valence-corrected chi connectivity index (χ2v) is 4.59. The molecule has 2 aromatic carbocycles. The van der Waals surface area contributed by atoms with Gasteiger partial charge in [-0.05, 0) is 36.8 Å². The van der Waals surface area contributed by atoms with Gasteiger partial charge in [-0.15, -0.1) is 0 Å². The van der Waals surface area contributed by atoms with Gasteiger partial charge < -0.3 is 15.7 Å². The molecule has 0 heterocycles. The van der Waals surface area contributed by atoms with Crippen molar-refractivity contribution in [2.45, 2.75) is 6.92 Å². The molecule has 0 unspecified atom stereocenters. The van der Waals surface area contributed by atoms with Crippen molar-refractivity contribution in [3.63, 3.8) is 0 Å². The van der Waals surface area contributed by atoms with Crippen LogP contribution in [0.5, 0.6) is 5.75 Å². The first-order valence-corrected chi connectivity index (χ1v) is 6.42. The van der Waals surface area contributed by atoms with Crippen LogP contribution in [0, 0.1) is 18.3 Å². The molecule has 2 rings (SSSR count). The Kier molecular flexibility index (Phi) is 4.39. The molecule has 0 saturated carbocycles. The molecule has 0 radical (unpaired) electrons. The highest BCUT2D eigenvalue weighted by Crippen LogP contribution is 2.23. The Morgan fingerprint density at radius 2 is 1.68 bits per heavy atom. The number of anilines is 2. The molecule has 3 N–H and O–H groups in total. The Hall–Kier alpha value is -3.33. The highest BCUT2D eigenvalue weighted by molar-refractivity contribution is 6.43. The molecule has 0 aliphatic heterocycles. The summed E-state index contributed by atoms with van der Waals surface area (Å²) in [5, 5.41) is 23.3. The van der Waals surface area contributed by atoms with E-state index in [9.17, 15) is 14.7 Å². The number of carbonyl (C=O) groups excluding carboxylic acids is 2. The monoisotopic (exact) mass is 295 g/mol. The van der Waals surface area contributed by atoms with Crippen molar-refractivity contribution in [2.75, 3.05) is 10.6 Å². The van der Waals surface area contributed by atoms with Crippen LogP contribution in [0.15, 0.2) is 42.5 Å². The second-order valence-electron chi connectivity index (χ2n) is 4.59. The topological polar surface area (TPSA) is 102 Å². The lowest BCUT2D eigenvalue weighted by Gasteiger charge is -2.09. The van der Waals surface area contributed by atoms with Crippen LogP contribution in [-0.2, 0) is 9.59 Å². The number of carbonyl (C=O) groups is 2. The van der Waals surface area contributed by atoms with Crippen molar-refractivity contribution in [3.8, 4) is 11.8 Å². The summed E-state index contributed by atoms with van der Waals surface area (Å²) in [6.07, 6.45) is 0. The maximum Gasteiger partial charge on any atom is 0.314 e. The van der Waals surface area contributed by atoms with Crippen molar-refractivity contribution in [1.29, 1.82) is 5.26 Å². The number of aryl methyl sites for hydroxylation is 1. The van der Waals surface area contributed by atoms with Crippen molar-refractivity contribution in [3.05, 3.63) is 53.6 Å². The van der Waals surface area contributed by atoms with Crippen molar-refractivity contribution in [1.82, 2.24) is 0 Å². The Bertz CT molecular complexity index is 778. The van der Waals surface area contributed by atoms with Gasteiger partial charge in [0.05, 0.1) is 16.9 Å². The molecule has 2 amide bonds. The third-order valence-electron chi connectivity index (χ3n) is 2.90. The Balaban J connectivity index is 2.12. The van der Waals surface area contributed by atoms with Gasteiger partial charge in [0.25, 0.3) is 0 Å². The fourth-order valence-electron chi connectivity index (χ4n) is 1.80. The minimum atomic E-state index is -0.936. The number of hydrogen-bond acceptors (Lipinski definition) is 4. The van der Waals surface area contributed by atoms with Crippen LogP contribution >= 0.6 is 0 Å². The lowest BCUT2D eigenvalue weighted by molar-refractivity contribution is -0.133. The lowest BCUT2D eigenvalue weighted by atomic mass is 10.2. The van der Waals surface area contributed by atoms with Gasteiger partial charge in [-0.1, -0.05) is 18.2 Å². The molecule has 110 valence electrons. The van der Waals surface area contributed by atoms with Crippen LogP contribution in [0.2, 0.25) is 0 Å². The third kappa shape index (κ3) is 3.41. The highest BCUT2D eigenvalue weighted by atomic mass is 16.3. The zero-order chi connectivity index (χ0) is 16.1. The number of phenols is 1. The third-order valence-corrected chi connectivity index (χ3v) is 2.90. The summed E-state index contributed by atoms with van der Waals surface area (Å²) in [7, 11) is 0. The maximum atomic E-state index is 11.9. The van der Waals surface area contributed by atoms with Gasteiger partial charge in [-0.2, -0.15) is 5.26 Å². The first-order chi connectivity index (χ1) is 10.5. The minimum Gasteiger partial charge on any atom is -0.506 e. The smallest absolute Gasteiger partial charge is 0.314 e. The van der Waals surface area contributed by atoms with Gasteiger partial charge in [0.2, 0.25) is 0 Å². The van der Waals surface area contributed by atoms with Crippen molar-refractivity contribution >= 4 is 23.2 Å². The molecule has 0 atom stereocenters. The first kappa shape index (κ1) is 15.1. The maximum absolute atomic E-state index is 11.9. The molecular formula is C16H13N3O3. The molecule has 0 bridgehead atoms. The molecule has 6 nitrogen and oxygen atoms in total. The molecular weight excluding hydrogens is 282 g/mol. The predicted octanol–water partition coefficient (Wildman–Crippen LogP) is 2.15. The van der Waals surface area contributed by atoms with E-state index in [4.69, 9.17) is 5.26 Å². The number of rotatable bonds is 2. The second kappa shape index (κ2) is 6.41. The van der Waals surface area contributed by atoms with Gasteiger partial charge in [-0.25, -0.2) is 0 Å². The number of phenolic OH excluding ortho intramolecular Hbond substituents is 1. The Morgan fingerprint density at radius 3 is 2.36 bits per heavy atom. The number of nitrogens with zero attached hydrogens (tertiary/aromatic N) is 1. The van der Waals surface area contributed by atoms with E-state index in [-0.39, 0.29) is 22.7 Å². The minimum absolute atomic E-state index is 0.135. The average molecular weight is 295 g/mol. The summed E-state index contributed by atoms with van der Waals surface area (Å²) >= 11 is 0. The summed E-state index contributed by atoms with van der Waals surface area (Å²) in [5.74, 6) is -2.00. The number of amides is 2. The standard InChI is InChI=1S/C16H13N3O3/c1-10-6-7-14(20)13(8-10)19-16(22)15(21)18-12-5-3-2-4-11(12)9-17/h2-8,20H,1H3,(H,18,21)(H,19,22). The molecule has 22 heavy (non-hydrogen) atoms. The number of nitriles is 1. The SMILES string of the molecule is Cc1ccc(O)c(NC(=O)C(=O)Nc2ccccc2C#N)c1. The summed E-state index contributed by atoms with van der Waals surface area (Å²) in [4.78, 5) is 23.7. The van der Waals surface area contributed by atoms with Crippen LogP contribution in [0.1, 0.15) is 11.1 Å². The van der Waals surface area contributed by atoms with Crippen LogP contribution in [0.3, 0.4) is 0 Å². The molecule has 0 aliphatic carbocycles. The van der Waals surface area contributed by atoms with Crippen molar-refractivity contribution in [2.24, 2.45) is 0 Å². The first-order valence-electron chi connectivity index (χ1n) is 6.42. The highest BCUT2D eigenvalue weighted by Gasteiger charge is 2.17. The van der Waals surface area contributed by atoms with Gasteiger partial charge in [0, 0.05) is 0 Å². The number of hydrogen-bond donors (Lipinski definition) is 3. The van der Waals surface area contributed by atoms with Crippen LogP contribution in [0.25, 0.3) is 0 Å². The van der Waals surface area contributed by atoms with E-state index in [1.165, 1.54) is 18.2 Å². The van der Waals surface area contributed by atoms with E-state index >= 15 is 0 Å². The zero-order valence-electron chi connectivity index (χ0n) is 11.8. The van der Waals surface area contributed by atoms with Crippen LogP contribution < -0.4 is 10.6 Å². The van der Waals surface area contributed by atoms with Crippen LogP contribution in [0.4, 0.5) is 11.4 Å². The fourth-order valence-corrected chi connectivity index (χ4v) is 1.80. The predicted molar refractivity (Wildman–Crippen MR) is 81.3 cm³/mol. The van der Waals surface area contributed by atoms with Gasteiger partial charge in [-0.3, -0.25) is 9.59 Å². The quantitative estimate of drug-likeness (QED) is 0.583. The molecule has 2 aromatic rings. The number of benzene rings is 2. The van der Waals surface area contributed by atoms with E-state index in [1.54, 1.807) is 31.2 Å². The molecule has 0 spiro atoms. The molecule has 0 saturated heterocycles. The zero-order valence-corrected chi connectivity index (χ0v) is 11.8. The van der Waals surface area contributed by atoms with Crippen LogP contribution in [-0.4, -0.2) is 16.9 Å². The Morgan fingerprint density at radius 1 is 1.05 bits per heavy atom. The molecule has 0 aliphatic rings. The summed E-state index contributed by atoms with van der Waals surface area (Å²) in [6, 6.07) is 12.9. The normalized spacial score (nSPS) is 9.64. The summed E-state index contributed by atoms with van der Waals surface area (Å²) < 4.78 is 0. The van der Waals surface area contributed by atoms with Gasteiger partial charge >= 0.3 is 11.8 Å². The summed E-state index contributed by atoms with van der Waals surface area (Å²) in [5.41, 5.74) is 1.47. The van der Waals surface area contributed by atoms with E-state index < -0.39 is 11.8 Å². The van der Waals surface area contributed by atoms with E-state index in [0.29, 0.717) is 0 Å². The number of nitrogens with one attached hydrogen (secondary N) is 2. The molecule has 0 fully saturated rings. The molecule has 6 heteroatoms. The average Bonchev–Trinajstić information content (AvgIpc) is 2.51. The van der Waals surface area contributed by atoms with E-state index in [2.05, 4.69) is 10.6 Å². The molecule has 0 aromatic heterocycles. The van der Waals surface area contributed by atoms with Gasteiger partial charge in [0.1, 0.15) is 11.8 Å².